The van der Waals surface area contributed by atoms with Crippen molar-refractivity contribution in [2.24, 2.45) is 0 Å². The van der Waals surface area contributed by atoms with Gasteiger partial charge in [0.25, 0.3) is 0 Å². The lowest BCUT2D eigenvalue weighted by atomic mass is 10.1. The summed E-state index contributed by atoms with van der Waals surface area (Å²) in [4.78, 5) is 0. The first-order chi connectivity index (χ1) is 12.8. The molecular weight excluding hydrogens is 464 g/mol. The van der Waals surface area contributed by atoms with Gasteiger partial charge in [0.15, 0.2) is 11.6 Å². The summed E-state index contributed by atoms with van der Waals surface area (Å²) in [6.45, 7) is 1.61. The van der Waals surface area contributed by atoms with E-state index < -0.39 is 0 Å². The normalized spacial score (nSPS) is 11.2. The van der Waals surface area contributed by atoms with Crippen LogP contribution in [0.15, 0.2) is 24.3 Å². The maximum absolute atomic E-state index is 4.17. The van der Waals surface area contributed by atoms with E-state index in [1.807, 2.05) is 33.6 Å². The Morgan fingerprint density at radius 3 is 1.46 bits per heavy atom. The molecule has 2 heterocycles. The van der Waals surface area contributed by atoms with Crippen LogP contribution in [0.3, 0.4) is 0 Å². The molecule has 26 heavy (non-hydrogen) atoms. The van der Waals surface area contributed by atoms with Crippen LogP contribution >= 0.6 is 31.9 Å². The molecule has 0 bridgehead atoms. The van der Waals surface area contributed by atoms with Crippen molar-refractivity contribution in [2.75, 3.05) is 10.7 Å². The second kappa shape index (κ2) is 9.86. The van der Waals surface area contributed by atoms with Gasteiger partial charge >= 0.3 is 0 Å². The molecule has 0 aliphatic carbocycles. The maximum atomic E-state index is 4.17. The number of tetrazole rings is 2. The lowest BCUT2D eigenvalue weighted by molar-refractivity contribution is 0.559. The molecule has 0 unspecified atom stereocenters. The van der Waals surface area contributed by atoms with Gasteiger partial charge in [-0.15, -0.1) is 10.2 Å². The molecule has 10 heteroatoms. The van der Waals surface area contributed by atoms with Crippen molar-refractivity contribution in [1.82, 2.24) is 40.4 Å². The topological polar surface area (TPSA) is 87.2 Å². The Bertz CT molecular complexity index is 731. The van der Waals surface area contributed by atoms with Gasteiger partial charge < -0.3 is 0 Å². The summed E-state index contributed by atoms with van der Waals surface area (Å²) in [7, 11) is 0. The van der Waals surface area contributed by atoms with E-state index in [9.17, 15) is 0 Å². The van der Waals surface area contributed by atoms with Crippen LogP contribution in [0.2, 0.25) is 0 Å². The quantitative estimate of drug-likeness (QED) is 0.324. The number of aryl methyl sites for hydroxylation is 2. The van der Waals surface area contributed by atoms with Crippen LogP contribution in [0.5, 0.6) is 0 Å². The van der Waals surface area contributed by atoms with Gasteiger partial charge in [-0.2, -0.15) is 0 Å². The molecule has 2 aromatic heterocycles. The number of alkyl halides is 2. The Labute approximate surface area is 168 Å². The zero-order chi connectivity index (χ0) is 18.2. The number of halogens is 2. The summed E-state index contributed by atoms with van der Waals surface area (Å²) in [5, 5.41) is 26.1. The maximum Gasteiger partial charge on any atom is 0.182 e. The van der Waals surface area contributed by atoms with E-state index in [2.05, 4.69) is 62.9 Å². The molecule has 3 aromatic rings. The molecule has 0 N–H and O–H groups in total. The van der Waals surface area contributed by atoms with Crippen LogP contribution in [0.4, 0.5) is 0 Å². The molecule has 0 spiro atoms. The minimum atomic E-state index is 0.781. The SMILES string of the molecule is BrCCCCn1nnnc1-c1ccc(-c2nnnn2CCCCBr)cc1. The average molecular weight is 484 g/mol. The predicted octanol–water partition coefficient (Wildman–Crippen LogP) is 3.34. The van der Waals surface area contributed by atoms with E-state index in [-0.39, 0.29) is 0 Å². The van der Waals surface area contributed by atoms with E-state index in [4.69, 9.17) is 0 Å². The fourth-order valence-corrected chi connectivity index (χ4v) is 3.40. The molecule has 0 saturated carbocycles. The van der Waals surface area contributed by atoms with Gasteiger partial charge in [0.05, 0.1) is 0 Å². The first kappa shape index (κ1) is 19.1. The average Bonchev–Trinajstić information content (AvgIpc) is 3.32. The van der Waals surface area contributed by atoms with Crippen LogP contribution in [0.1, 0.15) is 25.7 Å². The number of aromatic nitrogens is 8. The third-order valence-corrected chi connectivity index (χ3v) is 5.09. The number of unbranched alkanes of at least 4 members (excludes halogenated alkanes) is 2. The van der Waals surface area contributed by atoms with Crippen molar-refractivity contribution in [2.45, 2.75) is 38.8 Å². The van der Waals surface area contributed by atoms with Gasteiger partial charge in [0, 0.05) is 34.9 Å². The molecule has 0 amide bonds. The first-order valence-electron chi connectivity index (χ1n) is 8.58. The molecule has 0 radical (unpaired) electrons. The molecule has 0 atom stereocenters. The second-order valence-corrected chi connectivity index (χ2v) is 7.41. The van der Waals surface area contributed by atoms with Crippen molar-refractivity contribution in [1.29, 1.82) is 0 Å². The smallest absolute Gasteiger partial charge is 0.182 e. The highest BCUT2D eigenvalue weighted by molar-refractivity contribution is 9.09. The van der Waals surface area contributed by atoms with E-state index >= 15 is 0 Å². The number of hydrogen-bond acceptors (Lipinski definition) is 6. The molecule has 0 fully saturated rings. The minimum absolute atomic E-state index is 0.781. The van der Waals surface area contributed by atoms with Crippen molar-refractivity contribution >= 4 is 31.9 Å². The molecule has 3 rings (SSSR count). The fraction of sp³-hybridized carbons (Fsp3) is 0.500. The molecule has 0 saturated heterocycles. The van der Waals surface area contributed by atoms with E-state index in [1.54, 1.807) is 0 Å². The van der Waals surface area contributed by atoms with Crippen molar-refractivity contribution in [3.05, 3.63) is 24.3 Å². The van der Waals surface area contributed by atoms with Crippen molar-refractivity contribution < 1.29 is 0 Å². The van der Waals surface area contributed by atoms with Gasteiger partial charge in [-0.25, -0.2) is 9.36 Å². The minimum Gasteiger partial charge on any atom is -0.225 e. The lowest BCUT2D eigenvalue weighted by Crippen LogP contribution is -2.04. The zero-order valence-corrected chi connectivity index (χ0v) is 17.5. The Morgan fingerprint density at radius 1 is 0.654 bits per heavy atom. The standard InChI is InChI=1S/C16H20Br2N8/c17-9-1-3-11-25-15(19-21-23-25)13-5-7-14(8-6-13)16-20-22-24-26(16)12-4-2-10-18/h5-8H,1-4,9-12H2. The van der Waals surface area contributed by atoms with E-state index in [0.717, 1.165) is 72.2 Å². The van der Waals surface area contributed by atoms with Crippen molar-refractivity contribution in [3.63, 3.8) is 0 Å². The molecular formula is C16H20Br2N8. The van der Waals surface area contributed by atoms with Crippen molar-refractivity contribution in [3.8, 4) is 22.8 Å². The van der Waals surface area contributed by atoms with Gasteiger partial charge in [-0.05, 0) is 46.5 Å². The number of rotatable bonds is 10. The van der Waals surface area contributed by atoms with Gasteiger partial charge in [0.2, 0.25) is 0 Å². The lowest BCUT2D eigenvalue weighted by Gasteiger charge is -2.06. The summed E-state index contributed by atoms with van der Waals surface area (Å²) in [6, 6.07) is 8.05. The molecule has 0 aliphatic heterocycles. The summed E-state index contributed by atoms with van der Waals surface area (Å²) >= 11 is 6.90. The highest BCUT2D eigenvalue weighted by Gasteiger charge is 2.12. The first-order valence-corrected chi connectivity index (χ1v) is 10.8. The monoisotopic (exact) mass is 482 g/mol. The van der Waals surface area contributed by atoms with Gasteiger partial charge in [-0.1, -0.05) is 56.1 Å². The Kier molecular flexibility index (Phi) is 7.24. The molecule has 138 valence electrons. The van der Waals surface area contributed by atoms with Gasteiger partial charge in [0.1, 0.15) is 0 Å². The highest BCUT2D eigenvalue weighted by Crippen LogP contribution is 2.22. The third-order valence-electron chi connectivity index (χ3n) is 3.97. The van der Waals surface area contributed by atoms with Crippen LogP contribution in [-0.2, 0) is 13.1 Å². The Morgan fingerprint density at radius 2 is 1.08 bits per heavy atom. The Hall–Kier alpha value is -1.68. The van der Waals surface area contributed by atoms with E-state index in [1.165, 1.54) is 0 Å². The van der Waals surface area contributed by atoms with Crippen LogP contribution < -0.4 is 0 Å². The summed E-state index contributed by atoms with van der Waals surface area (Å²) in [6.07, 6.45) is 4.25. The number of hydrogen-bond donors (Lipinski definition) is 0. The van der Waals surface area contributed by atoms with Crippen LogP contribution in [0, 0.1) is 0 Å². The van der Waals surface area contributed by atoms with Crippen LogP contribution in [-0.4, -0.2) is 51.1 Å². The van der Waals surface area contributed by atoms with Gasteiger partial charge in [-0.3, -0.25) is 0 Å². The Balaban J connectivity index is 1.74. The van der Waals surface area contributed by atoms with E-state index in [0.29, 0.717) is 0 Å². The third kappa shape index (κ3) is 4.73. The highest BCUT2D eigenvalue weighted by atomic mass is 79.9. The fourth-order valence-electron chi connectivity index (χ4n) is 2.60. The largest absolute Gasteiger partial charge is 0.225 e. The molecule has 8 nitrogen and oxygen atoms in total. The van der Waals surface area contributed by atoms with Crippen LogP contribution in [0.25, 0.3) is 22.8 Å². The second-order valence-electron chi connectivity index (χ2n) is 5.82. The summed E-state index contributed by atoms with van der Waals surface area (Å²) in [5.41, 5.74) is 1.96. The molecule has 1 aromatic carbocycles. The predicted molar refractivity (Wildman–Crippen MR) is 106 cm³/mol. The number of benzene rings is 1. The summed E-state index contributed by atoms with van der Waals surface area (Å²) in [5.74, 6) is 1.56. The zero-order valence-electron chi connectivity index (χ0n) is 14.3. The number of nitrogens with zero attached hydrogens (tertiary/aromatic N) is 8. The molecule has 0 aliphatic rings. The summed E-state index contributed by atoms with van der Waals surface area (Å²) < 4.78 is 3.70.